The Kier molecular flexibility index (Phi) is 2.21. The maximum Gasteiger partial charge on any atom is 0.269 e. The van der Waals surface area contributed by atoms with Gasteiger partial charge < -0.3 is 5.73 Å². The zero-order chi connectivity index (χ0) is 10.8. The van der Waals surface area contributed by atoms with E-state index in [0.717, 1.165) is 0 Å². The molecule has 2 rings (SSSR count). The van der Waals surface area contributed by atoms with Crippen molar-refractivity contribution < 1.29 is 9.18 Å². The molecule has 1 aromatic heterocycles. The average molecular weight is 205 g/mol. The van der Waals surface area contributed by atoms with Crippen LogP contribution < -0.4 is 5.73 Å². The molecule has 4 nitrogen and oxygen atoms in total. The number of nitrogens with one attached hydrogen (secondary N) is 1. The Morgan fingerprint density at radius 2 is 2.00 bits per heavy atom. The minimum Gasteiger partial charge on any atom is -0.364 e. The second kappa shape index (κ2) is 3.53. The largest absolute Gasteiger partial charge is 0.364 e. The fourth-order valence-electron chi connectivity index (χ4n) is 1.37. The number of primary amides is 1. The Balaban J connectivity index is 2.62. The van der Waals surface area contributed by atoms with Crippen molar-refractivity contribution in [1.82, 2.24) is 10.2 Å². The topological polar surface area (TPSA) is 71.8 Å². The summed E-state index contributed by atoms with van der Waals surface area (Å²) < 4.78 is 13.3. The highest BCUT2D eigenvalue weighted by Crippen LogP contribution is 2.24. The number of rotatable bonds is 2. The number of hydrogen-bond acceptors (Lipinski definition) is 2. The lowest BCUT2D eigenvalue weighted by Gasteiger charge is -1.98. The summed E-state index contributed by atoms with van der Waals surface area (Å²) in [6.07, 6.45) is 0. The first-order valence-electron chi connectivity index (χ1n) is 4.29. The minimum absolute atomic E-state index is 0.0845. The van der Waals surface area contributed by atoms with Gasteiger partial charge in [-0.2, -0.15) is 9.49 Å². The van der Waals surface area contributed by atoms with Crippen LogP contribution in [0.15, 0.2) is 30.3 Å². The molecule has 0 atom stereocenters. The summed E-state index contributed by atoms with van der Waals surface area (Å²) >= 11 is 0. The third kappa shape index (κ3) is 1.59. The number of nitrogens with zero attached hydrogens (tertiary/aromatic N) is 1. The molecule has 3 N–H and O–H groups in total. The number of benzene rings is 1. The summed E-state index contributed by atoms with van der Waals surface area (Å²) in [6.45, 7) is 0. The van der Waals surface area contributed by atoms with Gasteiger partial charge in [0.2, 0.25) is 5.95 Å². The van der Waals surface area contributed by atoms with Crippen LogP contribution in [0.4, 0.5) is 4.39 Å². The predicted molar refractivity (Wildman–Crippen MR) is 52.5 cm³/mol. The van der Waals surface area contributed by atoms with Crippen LogP contribution in [-0.2, 0) is 0 Å². The summed E-state index contributed by atoms with van der Waals surface area (Å²) in [6, 6.07) is 8.64. The molecule has 0 aliphatic heterocycles. The third-order valence-electron chi connectivity index (χ3n) is 2.02. The zero-order valence-corrected chi connectivity index (χ0v) is 7.70. The van der Waals surface area contributed by atoms with E-state index < -0.39 is 11.9 Å². The quantitative estimate of drug-likeness (QED) is 0.775. The first kappa shape index (κ1) is 9.39. The van der Waals surface area contributed by atoms with E-state index in [2.05, 4.69) is 10.2 Å². The van der Waals surface area contributed by atoms with E-state index in [9.17, 15) is 9.18 Å². The number of carbonyl (C=O) groups excluding carboxylic acids is 1. The molecule has 0 aliphatic rings. The summed E-state index contributed by atoms with van der Waals surface area (Å²) in [4.78, 5) is 11.0. The summed E-state index contributed by atoms with van der Waals surface area (Å²) in [7, 11) is 0. The second-order valence-corrected chi connectivity index (χ2v) is 2.99. The van der Waals surface area contributed by atoms with Crippen molar-refractivity contribution in [1.29, 1.82) is 0 Å². The molecule has 15 heavy (non-hydrogen) atoms. The van der Waals surface area contributed by atoms with Crippen LogP contribution in [0.3, 0.4) is 0 Å². The molecule has 5 heteroatoms. The molecule has 0 unspecified atom stereocenters. The van der Waals surface area contributed by atoms with E-state index >= 15 is 0 Å². The third-order valence-corrected chi connectivity index (χ3v) is 2.02. The molecule has 76 valence electrons. The molecule has 0 aliphatic carbocycles. The van der Waals surface area contributed by atoms with E-state index in [0.29, 0.717) is 5.56 Å². The molecule has 1 amide bonds. The van der Waals surface area contributed by atoms with E-state index in [4.69, 9.17) is 5.73 Å². The number of halogens is 1. The number of nitrogens with two attached hydrogens (primary N) is 1. The van der Waals surface area contributed by atoms with Gasteiger partial charge in [0.15, 0.2) is 5.69 Å². The Hall–Kier alpha value is -2.17. The predicted octanol–water partition coefficient (Wildman–Crippen LogP) is 1.31. The lowest BCUT2D eigenvalue weighted by molar-refractivity contribution is 0.0996. The maximum absolute atomic E-state index is 13.3. The highest BCUT2D eigenvalue weighted by atomic mass is 19.1. The number of carbonyl (C=O) groups is 1. The van der Waals surface area contributed by atoms with Crippen molar-refractivity contribution in [2.24, 2.45) is 5.73 Å². The second-order valence-electron chi connectivity index (χ2n) is 2.99. The van der Waals surface area contributed by atoms with Crippen molar-refractivity contribution in [3.05, 3.63) is 42.0 Å². The number of H-pyrrole nitrogens is 1. The molecule has 0 saturated heterocycles. The van der Waals surface area contributed by atoms with Gasteiger partial charge in [0.25, 0.3) is 5.91 Å². The standard InChI is InChI=1S/C10H8FN3O/c11-9-7(6-4-2-1-3-5-6)8(10(12)15)13-14-9/h1-5H,(H2,12,15)(H,13,14). The van der Waals surface area contributed by atoms with Gasteiger partial charge in [0.05, 0.1) is 5.56 Å². The normalized spacial score (nSPS) is 10.2. The lowest BCUT2D eigenvalue weighted by Crippen LogP contribution is -2.12. The molecular formula is C10H8FN3O. The van der Waals surface area contributed by atoms with Gasteiger partial charge in [-0.05, 0) is 5.56 Å². The SMILES string of the molecule is NC(=O)c1n[nH]c(F)c1-c1ccccc1. The van der Waals surface area contributed by atoms with E-state index in [1.165, 1.54) is 0 Å². The van der Waals surface area contributed by atoms with Gasteiger partial charge in [-0.25, -0.2) is 0 Å². The molecule has 0 fully saturated rings. The highest BCUT2D eigenvalue weighted by molar-refractivity contribution is 5.97. The molecule has 0 bridgehead atoms. The van der Waals surface area contributed by atoms with E-state index in [1.807, 2.05) is 0 Å². The van der Waals surface area contributed by atoms with Crippen LogP contribution in [0.5, 0.6) is 0 Å². The number of amides is 1. The molecular weight excluding hydrogens is 197 g/mol. The van der Waals surface area contributed by atoms with Crippen LogP contribution >= 0.6 is 0 Å². The Bertz CT molecular complexity index is 493. The van der Waals surface area contributed by atoms with Crippen molar-refractivity contribution in [3.8, 4) is 11.1 Å². The van der Waals surface area contributed by atoms with Crippen LogP contribution in [0.1, 0.15) is 10.5 Å². The zero-order valence-electron chi connectivity index (χ0n) is 7.70. The molecule has 0 radical (unpaired) electrons. The molecule has 1 heterocycles. The highest BCUT2D eigenvalue weighted by Gasteiger charge is 2.18. The van der Waals surface area contributed by atoms with Crippen LogP contribution in [-0.4, -0.2) is 16.1 Å². The van der Waals surface area contributed by atoms with Crippen LogP contribution in [0, 0.1) is 5.95 Å². The van der Waals surface area contributed by atoms with Crippen molar-refractivity contribution >= 4 is 5.91 Å². The first-order valence-corrected chi connectivity index (χ1v) is 4.29. The number of aromatic nitrogens is 2. The molecule has 2 aromatic rings. The van der Waals surface area contributed by atoms with Crippen molar-refractivity contribution in [2.45, 2.75) is 0 Å². The summed E-state index contributed by atoms with van der Waals surface area (Å²) in [5.41, 5.74) is 5.67. The fraction of sp³-hybridized carbons (Fsp3) is 0. The van der Waals surface area contributed by atoms with E-state index in [1.54, 1.807) is 30.3 Å². The maximum atomic E-state index is 13.3. The van der Waals surface area contributed by atoms with Crippen molar-refractivity contribution in [3.63, 3.8) is 0 Å². The Labute approximate surface area is 84.9 Å². The minimum atomic E-state index is -0.756. The van der Waals surface area contributed by atoms with Gasteiger partial charge in [-0.15, -0.1) is 0 Å². The Morgan fingerprint density at radius 1 is 1.33 bits per heavy atom. The Morgan fingerprint density at radius 3 is 2.60 bits per heavy atom. The fourth-order valence-corrected chi connectivity index (χ4v) is 1.37. The van der Waals surface area contributed by atoms with Gasteiger partial charge >= 0.3 is 0 Å². The monoisotopic (exact) mass is 205 g/mol. The van der Waals surface area contributed by atoms with Crippen molar-refractivity contribution in [2.75, 3.05) is 0 Å². The molecule has 1 aromatic carbocycles. The summed E-state index contributed by atoms with van der Waals surface area (Å²) in [5, 5.41) is 5.62. The van der Waals surface area contributed by atoms with Crippen LogP contribution in [0.25, 0.3) is 11.1 Å². The molecule has 0 spiro atoms. The first-order chi connectivity index (χ1) is 7.20. The average Bonchev–Trinajstić information content (AvgIpc) is 2.61. The van der Waals surface area contributed by atoms with Gasteiger partial charge in [0.1, 0.15) is 0 Å². The molecule has 0 saturated carbocycles. The summed E-state index contributed by atoms with van der Waals surface area (Å²) in [5.74, 6) is -1.41. The van der Waals surface area contributed by atoms with Gasteiger partial charge in [-0.1, -0.05) is 30.3 Å². The van der Waals surface area contributed by atoms with Crippen LogP contribution in [0.2, 0.25) is 0 Å². The number of aromatic amines is 1. The number of hydrogen-bond donors (Lipinski definition) is 2. The smallest absolute Gasteiger partial charge is 0.269 e. The van der Waals surface area contributed by atoms with Gasteiger partial charge in [0, 0.05) is 0 Å². The lowest BCUT2D eigenvalue weighted by atomic mass is 10.1. The van der Waals surface area contributed by atoms with Gasteiger partial charge in [-0.3, -0.25) is 9.89 Å². The van der Waals surface area contributed by atoms with E-state index in [-0.39, 0.29) is 11.3 Å².